The van der Waals surface area contributed by atoms with Gasteiger partial charge in [0.2, 0.25) is 0 Å². The van der Waals surface area contributed by atoms with Crippen molar-refractivity contribution in [2.45, 2.75) is 26.5 Å². The third-order valence-electron chi connectivity index (χ3n) is 3.32. The molecule has 118 valence electrons. The predicted molar refractivity (Wildman–Crippen MR) is 87.3 cm³/mol. The van der Waals surface area contributed by atoms with Gasteiger partial charge in [0.25, 0.3) is 5.56 Å². The molecule has 1 aromatic carbocycles. The summed E-state index contributed by atoms with van der Waals surface area (Å²) in [6.45, 7) is 2.00. The first-order valence-electron chi connectivity index (χ1n) is 7.21. The zero-order valence-corrected chi connectivity index (χ0v) is 13.4. The molecular formula is C16H15N3O3S. The van der Waals surface area contributed by atoms with E-state index in [2.05, 4.69) is 9.97 Å². The molecule has 2 aromatic heterocycles. The van der Waals surface area contributed by atoms with E-state index in [0.717, 1.165) is 17.1 Å². The summed E-state index contributed by atoms with van der Waals surface area (Å²) in [5.74, 6) is -0.477. The molecule has 7 heteroatoms. The summed E-state index contributed by atoms with van der Waals surface area (Å²) < 4.78 is 6.58. The first-order valence-corrected chi connectivity index (χ1v) is 8.09. The Kier molecular flexibility index (Phi) is 4.47. The van der Waals surface area contributed by atoms with Crippen LogP contribution in [-0.4, -0.2) is 20.5 Å². The molecule has 0 saturated heterocycles. The van der Waals surface area contributed by atoms with Crippen molar-refractivity contribution in [2.24, 2.45) is 0 Å². The number of aromatic nitrogens is 3. The number of para-hydroxylation sites is 2. The lowest BCUT2D eigenvalue weighted by molar-refractivity contribution is -0.145. The van der Waals surface area contributed by atoms with Crippen molar-refractivity contribution in [2.75, 3.05) is 0 Å². The number of nitrogens with zero attached hydrogens (tertiary/aromatic N) is 3. The van der Waals surface area contributed by atoms with E-state index in [0.29, 0.717) is 11.0 Å². The fourth-order valence-electron chi connectivity index (χ4n) is 2.18. The molecule has 23 heavy (non-hydrogen) atoms. The van der Waals surface area contributed by atoms with Gasteiger partial charge in [0.15, 0.2) is 0 Å². The smallest absolute Gasteiger partial charge is 0.326 e. The Balaban J connectivity index is 1.73. The Hall–Kier alpha value is -2.54. The molecule has 0 aliphatic heterocycles. The van der Waals surface area contributed by atoms with E-state index in [4.69, 9.17) is 4.74 Å². The Bertz CT molecular complexity index is 901. The van der Waals surface area contributed by atoms with Crippen molar-refractivity contribution in [3.8, 4) is 0 Å². The molecule has 0 unspecified atom stereocenters. The van der Waals surface area contributed by atoms with Gasteiger partial charge >= 0.3 is 5.97 Å². The van der Waals surface area contributed by atoms with Crippen LogP contribution in [0.2, 0.25) is 0 Å². The lowest BCUT2D eigenvalue weighted by Gasteiger charge is -2.08. The highest BCUT2D eigenvalue weighted by atomic mass is 32.1. The fourth-order valence-corrected chi connectivity index (χ4v) is 2.91. The van der Waals surface area contributed by atoms with Crippen molar-refractivity contribution in [3.05, 3.63) is 56.9 Å². The minimum absolute atomic E-state index is 0.118. The zero-order chi connectivity index (χ0) is 16.2. The summed E-state index contributed by atoms with van der Waals surface area (Å²) >= 11 is 1.54. The molecule has 0 bridgehead atoms. The Morgan fingerprint density at radius 3 is 2.96 bits per heavy atom. The van der Waals surface area contributed by atoms with Crippen LogP contribution in [0.4, 0.5) is 0 Å². The van der Waals surface area contributed by atoms with E-state index in [9.17, 15) is 9.59 Å². The number of esters is 1. The topological polar surface area (TPSA) is 74.1 Å². The standard InChI is InChI=1S/C16H15N3O3S/c1-2-14-18-11(10-23-14)9-22-16(21)8-19-13-6-4-3-5-12(13)17-7-15(19)20/h3-7,10H,2,8-9H2,1H3. The van der Waals surface area contributed by atoms with Crippen molar-refractivity contribution in [1.82, 2.24) is 14.5 Å². The maximum Gasteiger partial charge on any atom is 0.326 e. The van der Waals surface area contributed by atoms with Gasteiger partial charge in [-0.2, -0.15) is 0 Å². The van der Waals surface area contributed by atoms with Crippen molar-refractivity contribution in [1.29, 1.82) is 0 Å². The molecule has 0 saturated carbocycles. The largest absolute Gasteiger partial charge is 0.458 e. The van der Waals surface area contributed by atoms with Crippen LogP contribution in [0.25, 0.3) is 11.0 Å². The van der Waals surface area contributed by atoms with Gasteiger partial charge in [-0.15, -0.1) is 11.3 Å². The molecule has 0 fully saturated rings. The van der Waals surface area contributed by atoms with Gasteiger partial charge in [-0.1, -0.05) is 19.1 Å². The van der Waals surface area contributed by atoms with Gasteiger partial charge in [-0.25, -0.2) is 9.97 Å². The van der Waals surface area contributed by atoms with Crippen LogP contribution in [0.5, 0.6) is 0 Å². The van der Waals surface area contributed by atoms with Gasteiger partial charge in [-0.05, 0) is 18.6 Å². The van der Waals surface area contributed by atoms with Crippen LogP contribution in [0, 0.1) is 0 Å². The number of carbonyl (C=O) groups is 1. The maximum atomic E-state index is 12.0. The van der Waals surface area contributed by atoms with Gasteiger partial charge in [-0.3, -0.25) is 14.2 Å². The van der Waals surface area contributed by atoms with Crippen LogP contribution in [-0.2, 0) is 29.1 Å². The van der Waals surface area contributed by atoms with Crippen LogP contribution >= 0.6 is 11.3 Å². The number of hydrogen-bond donors (Lipinski definition) is 0. The SMILES string of the molecule is CCc1nc(COC(=O)Cn2c(=O)cnc3ccccc32)cs1. The molecule has 0 N–H and O–H groups in total. The quantitative estimate of drug-likeness (QED) is 0.671. The number of thiazole rings is 1. The first-order chi connectivity index (χ1) is 11.2. The average molecular weight is 329 g/mol. The average Bonchev–Trinajstić information content (AvgIpc) is 3.04. The molecule has 0 atom stereocenters. The zero-order valence-electron chi connectivity index (χ0n) is 12.6. The van der Waals surface area contributed by atoms with E-state index in [1.807, 2.05) is 18.4 Å². The summed E-state index contributed by atoms with van der Waals surface area (Å²) in [4.78, 5) is 32.4. The predicted octanol–water partition coefficient (Wildman–Crippen LogP) is 2.16. The second-order valence-electron chi connectivity index (χ2n) is 4.92. The molecule has 0 radical (unpaired) electrons. The molecule has 6 nitrogen and oxygen atoms in total. The number of fused-ring (bicyclic) bond motifs is 1. The van der Waals surface area contributed by atoms with Crippen LogP contribution < -0.4 is 5.56 Å². The summed E-state index contributed by atoms with van der Waals surface area (Å²) in [5.41, 5.74) is 1.67. The van der Waals surface area contributed by atoms with Gasteiger partial charge in [0.1, 0.15) is 13.2 Å². The fraction of sp³-hybridized carbons (Fsp3) is 0.250. The van der Waals surface area contributed by atoms with Crippen LogP contribution in [0.1, 0.15) is 17.6 Å². The first kappa shape index (κ1) is 15.4. The molecule has 0 aliphatic carbocycles. The molecule has 2 heterocycles. The number of rotatable bonds is 5. The number of benzene rings is 1. The molecular weight excluding hydrogens is 314 g/mol. The number of ether oxygens (including phenoxy) is 1. The van der Waals surface area contributed by atoms with E-state index < -0.39 is 5.97 Å². The Morgan fingerprint density at radius 1 is 1.35 bits per heavy atom. The molecule has 0 spiro atoms. The van der Waals surface area contributed by atoms with Gasteiger partial charge in [0, 0.05) is 5.38 Å². The molecule has 0 aliphatic rings. The van der Waals surface area contributed by atoms with Gasteiger partial charge < -0.3 is 4.74 Å². The monoisotopic (exact) mass is 329 g/mol. The number of aryl methyl sites for hydroxylation is 1. The molecule has 0 amide bonds. The lowest BCUT2D eigenvalue weighted by atomic mass is 10.3. The number of hydrogen-bond acceptors (Lipinski definition) is 6. The van der Waals surface area contributed by atoms with Crippen molar-refractivity contribution in [3.63, 3.8) is 0 Å². The van der Waals surface area contributed by atoms with Crippen molar-refractivity contribution < 1.29 is 9.53 Å². The second kappa shape index (κ2) is 6.70. The highest BCUT2D eigenvalue weighted by Gasteiger charge is 2.11. The van der Waals surface area contributed by atoms with Crippen molar-refractivity contribution >= 4 is 28.3 Å². The van der Waals surface area contributed by atoms with E-state index >= 15 is 0 Å². The van der Waals surface area contributed by atoms with E-state index in [1.54, 1.807) is 29.5 Å². The third-order valence-corrected chi connectivity index (χ3v) is 4.36. The molecule has 3 aromatic rings. The van der Waals surface area contributed by atoms with Crippen LogP contribution in [0.3, 0.4) is 0 Å². The molecule has 3 rings (SSSR count). The highest BCUT2D eigenvalue weighted by Crippen LogP contribution is 2.12. The summed E-state index contributed by atoms with van der Waals surface area (Å²) in [6, 6.07) is 7.17. The number of carbonyl (C=O) groups excluding carboxylic acids is 1. The summed E-state index contributed by atoms with van der Waals surface area (Å²) in [6.07, 6.45) is 2.07. The minimum atomic E-state index is -0.477. The normalized spacial score (nSPS) is 10.8. The lowest BCUT2D eigenvalue weighted by Crippen LogP contribution is -2.25. The van der Waals surface area contributed by atoms with Crippen LogP contribution in [0.15, 0.2) is 40.6 Å². The maximum absolute atomic E-state index is 12.0. The highest BCUT2D eigenvalue weighted by molar-refractivity contribution is 7.09. The summed E-state index contributed by atoms with van der Waals surface area (Å²) in [7, 11) is 0. The third kappa shape index (κ3) is 3.45. The van der Waals surface area contributed by atoms with E-state index in [1.165, 1.54) is 10.8 Å². The Labute approximate surface area is 136 Å². The minimum Gasteiger partial charge on any atom is -0.458 e. The second-order valence-corrected chi connectivity index (χ2v) is 5.86. The Morgan fingerprint density at radius 2 is 2.17 bits per heavy atom. The summed E-state index contributed by atoms with van der Waals surface area (Å²) in [5, 5.41) is 2.88. The van der Waals surface area contributed by atoms with E-state index in [-0.39, 0.29) is 18.7 Å². The van der Waals surface area contributed by atoms with Gasteiger partial charge in [0.05, 0.1) is 27.9 Å².